The standard InChI is InChI=1S/C21H21N5O3/c1-29-16-7-5-14(6-8-16)17-12-26-13-18(24-19(26)21(28)25-17)20(27)23-11-9-15-4-2-3-10-22-15/h2-8,10,13,17H,9,11-12H2,1H3,(H,23,27)(H,25,28). The van der Waals surface area contributed by atoms with E-state index in [9.17, 15) is 9.59 Å². The van der Waals surface area contributed by atoms with E-state index in [-0.39, 0.29) is 29.4 Å². The number of carbonyl (C=O) groups is 2. The zero-order valence-corrected chi connectivity index (χ0v) is 16.0. The predicted molar refractivity (Wildman–Crippen MR) is 106 cm³/mol. The molecule has 0 aliphatic carbocycles. The van der Waals surface area contributed by atoms with Gasteiger partial charge in [0.05, 0.1) is 13.2 Å². The fourth-order valence-electron chi connectivity index (χ4n) is 3.28. The number of fused-ring (bicyclic) bond motifs is 1. The van der Waals surface area contributed by atoms with Crippen LogP contribution in [0.5, 0.6) is 5.75 Å². The number of rotatable bonds is 6. The molecule has 8 nitrogen and oxygen atoms in total. The normalized spacial score (nSPS) is 15.3. The first-order chi connectivity index (χ1) is 14.1. The van der Waals surface area contributed by atoms with Gasteiger partial charge in [0, 0.05) is 37.6 Å². The Morgan fingerprint density at radius 3 is 2.83 bits per heavy atom. The Kier molecular flexibility index (Phi) is 5.24. The van der Waals surface area contributed by atoms with Gasteiger partial charge in [-0.3, -0.25) is 14.6 Å². The monoisotopic (exact) mass is 391 g/mol. The van der Waals surface area contributed by atoms with E-state index in [4.69, 9.17) is 4.74 Å². The van der Waals surface area contributed by atoms with Gasteiger partial charge in [-0.05, 0) is 29.8 Å². The van der Waals surface area contributed by atoms with Crippen LogP contribution in [-0.2, 0) is 13.0 Å². The second-order valence-corrected chi connectivity index (χ2v) is 6.73. The minimum absolute atomic E-state index is 0.199. The molecule has 0 spiro atoms. The van der Waals surface area contributed by atoms with Crippen LogP contribution in [0.2, 0.25) is 0 Å². The van der Waals surface area contributed by atoms with Crippen LogP contribution in [0.3, 0.4) is 0 Å². The number of amides is 2. The Labute approximate surface area is 167 Å². The van der Waals surface area contributed by atoms with Crippen LogP contribution in [0, 0.1) is 0 Å². The number of pyridine rings is 1. The van der Waals surface area contributed by atoms with Crippen molar-refractivity contribution in [2.45, 2.75) is 19.0 Å². The van der Waals surface area contributed by atoms with E-state index in [1.54, 1.807) is 24.1 Å². The van der Waals surface area contributed by atoms with Crippen molar-refractivity contribution in [3.63, 3.8) is 0 Å². The lowest BCUT2D eigenvalue weighted by atomic mass is 10.1. The van der Waals surface area contributed by atoms with Crippen molar-refractivity contribution in [1.29, 1.82) is 0 Å². The molecule has 0 fully saturated rings. The molecule has 4 rings (SSSR count). The van der Waals surface area contributed by atoms with Crippen LogP contribution >= 0.6 is 0 Å². The molecule has 1 atom stereocenters. The molecule has 3 heterocycles. The molecule has 1 unspecified atom stereocenters. The molecule has 2 N–H and O–H groups in total. The number of imidazole rings is 1. The minimum atomic E-state index is -0.309. The van der Waals surface area contributed by atoms with Gasteiger partial charge >= 0.3 is 0 Å². The van der Waals surface area contributed by atoms with Crippen molar-refractivity contribution in [2.24, 2.45) is 0 Å². The molecule has 2 amide bonds. The molecular formula is C21H21N5O3. The SMILES string of the molecule is COc1ccc(C2Cn3cc(C(=O)NCCc4ccccn4)nc3C(=O)N2)cc1. The van der Waals surface area contributed by atoms with Crippen LogP contribution in [0.4, 0.5) is 0 Å². The molecule has 0 saturated carbocycles. The molecule has 0 radical (unpaired) electrons. The average molecular weight is 391 g/mol. The lowest BCUT2D eigenvalue weighted by molar-refractivity contribution is 0.0894. The summed E-state index contributed by atoms with van der Waals surface area (Å²) in [5.41, 5.74) is 2.09. The first-order valence-electron chi connectivity index (χ1n) is 9.34. The molecule has 2 aromatic heterocycles. The third kappa shape index (κ3) is 4.11. The Hall–Kier alpha value is -3.68. The van der Waals surface area contributed by atoms with Gasteiger partial charge in [-0.25, -0.2) is 4.98 Å². The lowest BCUT2D eigenvalue weighted by Gasteiger charge is -2.25. The quantitative estimate of drug-likeness (QED) is 0.667. The number of aromatic nitrogens is 3. The van der Waals surface area contributed by atoms with E-state index in [0.717, 1.165) is 17.0 Å². The van der Waals surface area contributed by atoms with Gasteiger partial charge in [0.15, 0.2) is 5.82 Å². The molecule has 0 saturated heterocycles. The molecule has 1 aromatic carbocycles. The van der Waals surface area contributed by atoms with Crippen molar-refractivity contribution >= 4 is 11.8 Å². The van der Waals surface area contributed by atoms with Crippen molar-refractivity contribution < 1.29 is 14.3 Å². The zero-order valence-electron chi connectivity index (χ0n) is 16.0. The summed E-state index contributed by atoms with van der Waals surface area (Å²) in [6.07, 6.45) is 3.97. The summed E-state index contributed by atoms with van der Waals surface area (Å²) in [4.78, 5) is 33.3. The van der Waals surface area contributed by atoms with Gasteiger partial charge in [-0.2, -0.15) is 0 Å². The number of benzene rings is 1. The van der Waals surface area contributed by atoms with Crippen LogP contribution < -0.4 is 15.4 Å². The topological polar surface area (TPSA) is 98.1 Å². The highest BCUT2D eigenvalue weighted by molar-refractivity contribution is 5.96. The second kappa shape index (κ2) is 8.14. The summed E-state index contributed by atoms with van der Waals surface area (Å²) in [6, 6.07) is 13.0. The van der Waals surface area contributed by atoms with E-state index in [1.165, 1.54) is 0 Å². The van der Waals surface area contributed by atoms with Crippen molar-refractivity contribution in [2.75, 3.05) is 13.7 Å². The van der Waals surface area contributed by atoms with Crippen molar-refractivity contribution in [1.82, 2.24) is 25.2 Å². The fourth-order valence-corrected chi connectivity index (χ4v) is 3.28. The second-order valence-electron chi connectivity index (χ2n) is 6.73. The van der Waals surface area contributed by atoms with E-state index >= 15 is 0 Å². The summed E-state index contributed by atoms with van der Waals surface area (Å²) < 4.78 is 6.90. The molecule has 148 valence electrons. The molecule has 8 heteroatoms. The van der Waals surface area contributed by atoms with Gasteiger partial charge in [-0.15, -0.1) is 0 Å². The molecule has 1 aliphatic rings. The van der Waals surface area contributed by atoms with Crippen LogP contribution in [-0.4, -0.2) is 40.0 Å². The smallest absolute Gasteiger partial charge is 0.287 e. The first-order valence-corrected chi connectivity index (χ1v) is 9.34. The number of hydrogen-bond donors (Lipinski definition) is 2. The third-order valence-electron chi connectivity index (χ3n) is 4.81. The maximum absolute atomic E-state index is 12.5. The van der Waals surface area contributed by atoms with Gasteiger partial charge in [0.25, 0.3) is 11.8 Å². The fraction of sp³-hybridized carbons (Fsp3) is 0.238. The average Bonchev–Trinajstić information content (AvgIpc) is 3.19. The molecule has 0 bridgehead atoms. The number of ether oxygens (including phenoxy) is 1. The molecule has 3 aromatic rings. The Balaban J connectivity index is 1.42. The van der Waals surface area contributed by atoms with E-state index < -0.39 is 0 Å². The highest BCUT2D eigenvalue weighted by Gasteiger charge is 2.28. The lowest BCUT2D eigenvalue weighted by Crippen LogP contribution is -2.38. The number of nitrogens with zero attached hydrogens (tertiary/aromatic N) is 3. The zero-order chi connectivity index (χ0) is 20.2. The number of methoxy groups -OCH3 is 1. The van der Waals surface area contributed by atoms with Crippen LogP contribution in [0.1, 0.15) is 38.4 Å². The van der Waals surface area contributed by atoms with Crippen molar-refractivity contribution in [3.05, 3.63) is 77.6 Å². The summed E-state index contributed by atoms with van der Waals surface area (Å²) in [7, 11) is 1.61. The Morgan fingerprint density at radius 1 is 1.28 bits per heavy atom. The first kappa shape index (κ1) is 18.7. The maximum Gasteiger partial charge on any atom is 0.287 e. The van der Waals surface area contributed by atoms with Gasteiger partial charge in [-0.1, -0.05) is 18.2 Å². The van der Waals surface area contributed by atoms with Gasteiger partial charge in [0.2, 0.25) is 0 Å². The van der Waals surface area contributed by atoms with Gasteiger partial charge < -0.3 is 19.9 Å². The number of hydrogen-bond acceptors (Lipinski definition) is 5. The molecular weight excluding hydrogens is 370 g/mol. The molecule has 1 aliphatic heterocycles. The van der Waals surface area contributed by atoms with E-state index in [2.05, 4.69) is 20.6 Å². The summed E-state index contributed by atoms with van der Waals surface area (Å²) in [5, 5.41) is 5.77. The Bertz CT molecular complexity index is 1010. The third-order valence-corrected chi connectivity index (χ3v) is 4.81. The molecule has 29 heavy (non-hydrogen) atoms. The van der Waals surface area contributed by atoms with Crippen LogP contribution in [0.15, 0.2) is 54.9 Å². The minimum Gasteiger partial charge on any atom is -0.497 e. The highest BCUT2D eigenvalue weighted by Crippen LogP contribution is 2.23. The largest absolute Gasteiger partial charge is 0.497 e. The summed E-state index contributed by atoms with van der Waals surface area (Å²) >= 11 is 0. The Morgan fingerprint density at radius 2 is 2.10 bits per heavy atom. The number of carbonyl (C=O) groups excluding carboxylic acids is 2. The number of nitrogens with one attached hydrogen (secondary N) is 2. The van der Waals surface area contributed by atoms with Crippen molar-refractivity contribution in [3.8, 4) is 5.75 Å². The summed E-state index contributed by atoms with van der Waals surface area (Å²) in [6.45, 7) is 0.945. The highest BCUT2D eigenvalue weighted by atomic mass is 16.5. The van der Waals surface area contributed by atoms with E-state index in [1.807, 2.05) is 42.5 Å². The van der Waals surface area contributed by atoms with Crippen LogP contribution in [0.25, 0.3) is 0 Å². The van der Waals surface area contributed by atoms with Gasteiger partial charge in [0.1, 0.15) is 11.4 Å². The maximum atomic E-state index is 12.5. The summed E-state index contributed by atoms with van der Waals surface area (Å²) in [5.74, 6) is 0.384. The predicted octanol–water partition coefficient (Wildman–Crippen LogP) is 1.74. The van der Waals surface area contributed by atoms with E-state index in [0.29, 0.717) is 19.5 Å².